The average molecular weight is 281 g/mol. The van der Waals surface area contributed by atoms with Gasteiger partial charge in [-0.2, -0.15) is 5.10 Å². The number of aryl methyl sites for hydroxylation is 1. The molecule has 0 bridgehead atoms. The second-order valence-electron chi connectivity index (χ2n) is 3.89. The lowest BCUT2D eigenvalue weighted by molar-refractivity contribution is 0.593. The van der Waals surface area contributed by atoms with Gasteiger partial charge in [-0.3, -0.25) is 8.99 Å². The molecule has 0 aliphatic heterocycles. The summed E-state index contributed by atoms with van der Waals surface area (Å²) in [6.45, 7) is 2.40. The highest BCUT2D eigenvalue weighted by Crippen LogP contribution is 2.23. The van der Waals surface area contributed by atoms with Crippen LogP contribution in [0.1, 0.15) is 6.92 Å². The molecule has 0 aliphatic rings. The summed E-state index contributed by atoms with van der Waals surface area (Å²) >= 11 is 0. The normalized spacial score (nSPS) is 11.5. The van der Waals surface area contributed by atoms with Gasteiger partial charge in [-0.25, -0.2) is 13.4 Å². The molecule has 0 saturated carbocycles. The fourth-order valence-electron chi connectivity index (χ4n) is 1.59. The first-order chi connectivity index (χ1) is 8.96. The van der Waals surface area contributed by atoms with Crippen molar-refractivity contribution < 1.29 is 8.42 Å². The van der Waals surface area contributed by atoms with Gasteiger partial charge in [-0.05, 0) is 19.1 Å². The third kappa shape index (κ3) is 2.39. The fraction of sp³-hybridized carbons (Fsp3) is 0.273. The minimum Gasteiger partial charge on any atom is -0.381 e. The molecule has 19 heavy (non-hydrogen) atoms. The van der Waals surface area contributed by atoms with Crippen LogP contribution in [0.3, 0.4) is 0 Å². The molecule has 0 radical (unpaired) electrons. The SMILES string of the molecule is CCn1cc(S(=O)(=O)N(C)c2ccccn2)c(N)n1. The molecule has 0 unspecified atom stereocenters. The number of nitrogen functional groups attached to an aromatic ring is 1. The van der Waals surface area contributed by atoms with Gasteiger partial charge in [-0.15, -0.1) is 0 Å². The van der Waals surface area contributed by atoms with Gasteiger partial charge in [-0.1, -0.05) is 6.07 Å². The number of anilines is 2. The van der Waals surface area contributed by atoms with Gasteiger partial charge in [0.25, 0.3) is 10.0 Å². The quantitative estimate of drug-likeness (QED) is 0.890. The fourth-order valence-corrected chi connectivity index (χ4v) is 2.80. The van der Waals surface area contributed by atoms with E-state index in [0.29, 0.717) is 12.4 Å². The first-order valence-electron chi connectivity index (χ1n) is 5.69. The molecule has 0 spiro atoms. The predicted octanol–water partition coefficient (Wildman–Crippen LogP) is 0.705. The van der Waals surface area contributed by atoms with Crippen LogP contribution in [0.5, 0.6) is 0 Å². The number of hydrogen-bond acceptors (Lipinski definition) is 5. The van der Waals surface area contributed by atoms with E-state index in [1.165, 1.54) is 24.1 Å². The zero-order valence-corrected chi connectivity index (χ0v) is 11.5. The lowest BCUT2D eigenvalue weighted by Crippen LogP contribution is -2.27. The lowest BCUT2D eigenvalue weighted by Gasteiger charge is -2.17. The Morgan fingerprint density at radius 1 is 1.42 bits per heavy atom. The Kier molecular flexibility index (Phi) is 3.43. The molecule has 102 valence electrons. The smallest absolute Gasteiger partial charge is 0.270 e. The number of pyridine rings is 1. The molecule has 2 aromatic heterocycles. The summed E-state index contributed by atoms with van der Waals surface area (Å²) < 4.78 is 27.4. The van der Waals surface area contributed by atoms with Crippen LogP contribution in [0.25, 0.3) is 0 Å². The van der Waals surface area contributed by atoms with Gasteiger partial charge in [0.05, 0.1) is 0 Å². The van der Waals surface area contributed by atoms with Crippen molar-refractivity contribution in [1.82, 2.24) is 14.8 Å². The molecular weight excluding hydrogens is 266 g/mol. The molecule has 2 heterocycles. The van der Waals surface area contributed by atoms with Gasteiger partial charge in [0.2, 0.25) is 0 Å². The van der Waals surface area contributed by atoms with Crippen LogP contribution < -0.4 is 10.0 Å². The first kappa shape index (κ1) is 13.3. The Balaban J connectivity index is 2.45. The van der Waals surface area contributed by atoms with Gasteiger partial charge in [0.15, 0.2) is 5.82 Å². The van der Waals surface area contributed by atoms with E-state index in [4.69, 9.17) is 5.73 Å². The molecule has 0 saturated heterocycles. The van der Waals surface area contributed by atoms with Crippen molar-refractivity contribution in [3.63, 3.8) is 0 Å². The number of hydrogen-bond donors (Lipinski definition) is 1. The van der Waals surface area contributed by atoms with E-state index in [1.54, 1.807) is 18.2 Å². The predicted molar refractivity (Wildman–Crippen MR) is 72.1 cm³/mol. The molecule has 0 atom stereocenters. The minimum absolute atomic E-state index is 0.00960. The molecule has 0 aromatic carbocycles. The number of nitrogens with two attached hydrogens (primary N) is 1. The van der Waals surface area contributed by atoms with Gasteiger partial charge in [0.1, 0.15) is 10.7 Å². The van der Waals surface area contributed by atoms with Crippen molar-refractivity contribution in [1.29, 1.82) is 0 Å². The van der Waals surface area contributed by atoms with Crippen molar-refractivity contribution in [2.45, 2.75) is 18.4 Å². The van der Waals surface area contributed by atoms with Crippen molar-refractivity contribution in [3.8, 4) is 0 Å². The minimum atomic E-state index is -3.75. The standard InChI is InChI=1S/C11H15N5O2S/c1-3-16-8-9(11(12)14-16)19(17,18)15(2)10-6-4-5-7-13-10/h4-8H,3H2,1-2H3,(H2,12,14). The van der Waals surface area contributed by atoms with Crippen LogP contribution in [-0.4, -0.2) is 30.2 Å². The summed E-state index contributed by atoms with van der Waals surface area (Å²) in [5.41, 5.74) is 5.66. The summed E-state index contributed by atoms with van der Waals surface area (Å²) in [4.78, 5) is 3.99. The highest BCUT2D eigenvalue weighted by Gasteiger charge is 2.26. The number of rotatable bonds is 4. The summed E-state index contributed by atoms with van der Waals surface area (Å²) in [6, 6.07) is 5.04. The highest BCUT2D eigenvalue weighted by molar-refractivity contribution is 7.93. The highest BCUT2D eigenvalue weighted by atomic mass is 32.2. The molecule has 2 rings (SSSR count). The topological polar surface area (TPSA) is 94.1 Å². The third-order valence-corrected chi connectivity index (χ3v) is 4.47. The van der Waals surface area contributed by atoms with Gasteiger partial charge in [0, 0.05) is 26.0 Å². The van der Waals surface area contributed by atoms with E-state index in [1.807, 2.05) is 6.92 Å². The molecule has 0 amide bonds. The molecular formula is C11H15N5O2S. The zero-order valence-electron chi connectivity index (χ0n) is 10.7. The van der Waals surface area contributed by atoms with Gasteiger partial charge < -0.3 is 5.73 Å². The summed E-state index contributed by atoms with van der Waals surface area (Å²) in [6.07, 6.45) is 2.95. The molecule has 2 aromatic rings. The molecule has 0 fully saturated rings. The summed E-state index contributed by atoms with van der Waals surface area (Å²) in [5.74, 6) is 0.316. The molecule has 2 N–H and O–H groups in total. The second kappa shape index (κ2) is 4.88. The largest absolute Gasteiger partial charge is 0.381 e. The van der Waals surface area contributed by atoms with E-state index in [9.17, 15) is 8.42 Å². The van der Waals surface area contributed by atoms with Crippen LogP contribution in [0.15, 0.2) is 35.5 Å². The zero-order chi connectivity index (χ0) is 14.0. The third-order valence-electron chi connectivity index (χ3n) is 2.69. The van der Waals surface area contributed by atoms with E-state index < -0.39 is 10.0 Å². The van der Waals surface area contributed by atoms with Crippen molar-refractivity contribution in [2.24, 2.45) is 0 Å². The Labute approximate surface area is 111 Å². The van der Waals surface area contributed by atoms with Crippen LogP contribution >= 0.6 is 0 Å². The maximum atomic E-state index is 12.4. The Morgan fingerprint density at radius 3 is 2.68 bits per heavy atom. The van der Waals surface area contributed by atoms with Crippen molar-refractivity contribution >= 4 is 21.7 Å². The lowest BCUT2D eigenvalue weighted by atomic mass is 10.5. The molecule has 0 aliphatic carbocycles. The van der Waals surface area contributed by atoms with Crippen LogP contribution in [0, 0.1) is 0 Å². The summed E-state index contributed by atoms with van der Waals surface area (Å²) in [5, 5.41) is 3.94. The Morgan fingerprint density at radius 2 is 2.16 bits per heavy atom. The van der Waals surface area contributed by atoms with E-state index in [2.05, 4.69) is 10.1 Å². The Bertz CT molecular complexity index is 666. The monoisotopic (exact) mass is 281 g/mol. The van der Waals surface area contributed by atoms with E-state index in [0.717, 1.165) is 4.31 Å². The van der Waals surface area contributed by atoms with Gasteiger partial charge >= 0.3 is 0 Å². The van der Waals surface area contributed by atoms with Crippen molar-refractivity contribution in [2.75, 3.05) is 17.1 Å². The number of aromatic nitrogens is 3. The van der Waals surface area contributed by atoms with Crippen molar-refractivity contribution in [3.05, 3.63) is 30.6 Å². The van der Waals surface area contributed by atoms with E-state index in [-0.39, 0.29) is 10.7 Å². The number of nitrogens with zero attached hydrogens (tertiary/aromatic N) is 4. The summed E-state index contributed by atoms with van der Waals surface area (Å²) in [7, 11) is -2.32. The Hall–Kier alpha value is -2.09. The van der Waals surface area contributed by atoms with Crippen LogP contribution in [0.2, 0.25) is 0 Å². The maximum absolute atomic E-state index is 12.4. The van der Waals surface area contributed by atoms with Crippen LogP contribution in [-0.2, 0) is 16.6 Å². The first-order valence-corrected chi connectivity index (χ1v) is 7.13. The molecule has 7 nitrogen and oxygen atoms in total. The van der Waals surface area contributed by atoms with E-state index >= 15 is 0 Å². The molecule has 8 heteroatoms. The number of sulfonamides is 1. The second-order valence-corrected chi connectivity index (χ2v) is 5.83. The van der Waals surface area contributed by atoms with Crippen LogP contribution in [0.4, 0.5) is 11.6 Å². The average Bonchev–Trinajstić information content (AvgIpc) is 2.81. The maximum Gasteiger partial charge on any atom is 0.270 e.